The van der Waals surface area contributed by atoms with Crippen molar-refractivity contribution >= 4 is 33.4 Å². The molecule has 0 saturated heterocycles. The summed E-state index contributed by atoms with van der Waals surface area (Å²) in [6, 6.07) is 24.7. The maximum absolute atomic E-state index is 11.6. The van der Waals surface area contributed by atoms with Crippen LogP contribution in [0.15, 0.2) is 79.0 Å². The number of rotatable bonds is 7. The van der Waals surface area contributed by atoms with Gasteiger partial charge in [-0.15, -0.1) is 0 Å². The van der Waals surface area contributed by atoms with E-state index < -0.39 is 5.91 Å². The highest BCUT2D eigenvalue weighted by atomic mass is 16.6. The minimum absolute atomic E-state index is 0.213. The molecule has 0 radical (unpaired) electrons. The van der Waals surface area contributed by atoms with Gasteiger partial charge in [-0.2, -0.15) is 0 Å². The molecule has 0 atom stereocenters. The van der Waals surface area contributed by atoms with Crippen LogP contribution in [0.5, 0.6) is 0 Å². The van der Waals surface area contributed by atoms with Gasteiger partial charge in [0.1, 0.15) is 5.69 Å². The Hall–Kier alpha value is -4.24. The molecule has 3 aromatic carbocycles. The minimum Gasteiger partial charge on any atom is -0.393 e. The van der Waals surface area contributed by atoms with Crippen molar-refractivity contribution in [2.24, 2.45) is 11.6 Å². The number of aromatic nitrogens is 2. The predicted molar refractivity (Wildman–Crippen MR) is 153 cm³/mol. The summed E-state index contributed by atoms with van der Waals surface area (Å²) in [6.45, 7) is 0.295. The van der Waals surface area contributed by atoms with Crippen molar-refractivity contribution in [3.05, 3.63) is 90.3 Å². The highest BCUT2D eigenvalue weighted by Crippen LogP contribution is 2.39. The lowest BCUT2D eigenvalue weighted by Gasteiger charge is -2.28. The first-order valence-electron chi connectivity index (χ1n) is 13.2. The number of primary amides is 1. The minimum atomic E-state index is -0.548. The van der Waals surface area contributed by atoms with E-state index in [0.29, 0.717) is 6.61 Å². The zero-order chi connectivity index (χ0) is 26.9. The Morgan fingerprint density at radius 3 is 2.54 bits per heavy atom. The Kier molecular flexibility index (Phi) is 6.74. The summed E-state index contributed by atoms with van der Waals surface area (Å²) >= 11 is 0. The lowest BCUT2D eigenvalue weighted by atomic mass is 9.92. The van der Waals surface area contributed by atoms with Crippen LogP contribution in [0.2, 0.25) is 0 Å². The lowest BCUT2D eigenvalue weighted by molar-refractivity contribution is 0.0995. The van der Waals surface area contributed by atoms with Gasteiger partial charge in [0, 0.05) is 45.5 Å². The SMILES string of the molecule is NOCc1ccc(-n2c3ccccc3c3c(-c4ccc(C(N)=O)nc4)cccc32)cc1NC1CCC(O)CC1. The van der Waals surface area contributed by atoms with Crippen molar-refractivity contribution in [1.29, 1.82) is 0 Å². The van der Waals surface area contributed by atoms with E-state index in [1.54, 1.807) is 12.3 Å². The Morgan fingerprint density at radius 2 is 1.79 bits per heavy atom. The molecular weight excluding hydrogens is 490 g/mol. The maximum Gasteiger partial charge on any atom is 0.267 e. The molecular formula is C31H31N5O3. The average molecular weight is 522 g/mol. The molecule has 1 amide bonds. The molecule has 198 valence electrons. The van der Waals surface area contributed by atoms with Crippen LogP contribution in [0.4, 0.5) is 5.69 Å². The number of hydrogen-bond acceptors (Lipinski definition) is 6. The largest absolute Gasteiger partial charge is 0.393 e. The number of aliphatic hydroxyl groups is 1. The number of amides is 1. The fourth-order valence-corrected chi connectivity index (χ4v) is 5.73. The van der Waals surface area contributed by atoms with Gasteiger partial charge in [0.15, 0.2) is 0 Å². The quantitative estimate of drug-likeness (QED) is 0.222. The standard InChI is InChI=1S/C31H31N5O3/c32-31(38)26-15-9-19(17-34-26)24-5-3-7-29-30(24)25-4-1-2-6-28(25)36(29)22-12-8-20(18-39-33)27(16-22)35-21-10-13-23(37)14-11-21/h1-9,12,15-17,21,23,35,37H,10-11,13-14,18,33H2,(H2,32,38). The zero-order valence-corrected chi connectivity index (χ0v) is 21.5. The number of nitrogens with zero attached hydrogens (tertiary/aromatic N) is 2. The van der Waals surface area contributed by atoms with Crippen LogP contribution >= 0.6 is 0 Å². The summed E-state index contributed by atoms with van der Waals surface area (Å²) in [7, 11) is 0. The summed E-state index contributed by atoms with van der Waals surface area (Å²) < 4.78 is 2.27. The number of benzene rings is 3. The second-order valence-electron chi connectivity index (χ2n) is 10.2. The third kappa shape index (κ3) is 4.74. The molecule has 39 heavy (non-hydrogen) atoms. The first-order valence-corrected chi connectivity index (χ1v) is 13.2. The topological polar surface area (TPSA) is 128 Å². The monoisotopic (exact) mass is 521 g/mol. The van der Waals surface area contributed by atoms with E-state index in [2.05, 4.69) is 57.3 Å². The fourth-order valence-electron chi connectivity index (χ4n) is 5.73. The van der Waals surface area contributed by atoms with Crippen molar-refractivity contribution in [1.82, 2.24) is 9.55 Å². The summed E-state index contributed by atoms with van der Waals surface area (Å²) in [6.07, 6.45) is 4.91. The van der Waals surface area contributed by atoms with Crippen LogP contribution in [0.3, 0.4) is 0 Å². The number of carbonyl (C=O) groups is 1. The molecule has 6 rings (SSSR count). The molecule has 1 saturated carbocycles. The van der Waals surface area contributed by atoms with Crippen LogP contribution in [0.25, 0.3) is 38.6 Å². The first kappa shape index (κ1) is 25.1. The number of hydrogen-bond donors (Lipinski definition) is 4. The summed E-state index contributed by atoms with van der Waals surface area (Å²) in [5, 5.41) is 15.9. The van der Waals surface area contributed by atoms with Crippen LogP contribution in [0, 0.1) is 0 Å². The van der Waals surface area contributed by atoms with Crippen molar-refractivity contribution < 1.29 is 14.7 Å². The van der Waals surface area contributed by atoms with E-state index in [1.165, 1.54) is 0 Å². The molecule has 0 bridgehead atoms. The van der Waals surface area contributed by atoms with Crippen LogP contribution in [0.1, 0.15) is 41.7 Å². The van der Waals surface area contributed by atoms with E-state index in [4.69, 9.17) is 16.5 Å². The molecule has 8 nitrogen and oxygen atoms in total. The number of para-hydroxylation sites is 1. The number of nitrogens with two attached hydrogens (primary N) is 2. The van der Waals surface area contributed by atoms with Gasteiger partial charge >= 0.3 is 0 Å². The molecule has 2 heterocycles. The van der Waals surface area contributed by atoms with Gasteiger partial charge in [-0.1, -0.05) is 42.5 Å². The van der Waals surface area contributed by atoms with E-state index in [1.807, 2.05) is 24.3 Å². The zero-order valence-electron chi connectivity index (χ0n) is 21.5. The van der Waals surface area contributed by atoms with E-state index in [0.717, 1.165) is 75.6 Å². The average Bonchev–Trinajstić information content (AvgIpc) is 3.30. The van der Waals surface area contributed by atoms with E-state index in [-0.39, 0.29) is 17.8 Å². The lowest BCUT2D eigenvalue weighted by Crippen LogP contribution is -2.28. The van der Waals surface area contributed by atoms with Crippen molar-refractivity contribution in [3.63, 3.8) is 0 Å². The van der Waals surface area contributed by atoms with Crippen LogP contribution in [-0.2, 0) is 11.4 Å². The number of carbonyl (C=O) groups excluding carboxylic acids is 1. The van der Waals surface area contributed by atoms with Crippen LogP contribution < -0.4 is 16.9 Å². The fraction of sp³-hybridized carbons (Fsp3) is 0.226. The maximum atomic E-state index is 11.6. The highest BCUT2D eigenvalue weighted by molar-refractivity contribution is 6.15. The Bertz CT molecular complexity index is 1650. The number of nitrogens with one attached hydrogen (secondary N) is 1. The molecule has 1 fully saturated rings. The van der Waals surface area contributed by atoms with Gasteiger partial charge in [0.2, 0.25) is 0 Å². The third-order valence-electron chi connectivity index (χ3n) is 7.67. The second kappa shape index (κ2) is 10.5. The molecule has 0 spiro atoms. The number of pyridine rings is 1. The molecule has 0 aliphatic heterocycles. The molecule has 8 heteroatoms. The summed E-state index contributed by atoms with van der Waals surface area (Å²) in [4.78, 5) is 20.8. The van der Waals surface area contributed by atoms with Gasteiger partial charge in [0.25, 0.3) is 5.91 Å². The Labute approximate surface area is 226 Å². The van der Waals surface area contributed by atoms with Gasteiger partial charge in [-0.05, 0) is 61.6 Å². The van der Waals surface area contributed by atoms with Gasteiger partial charge < -0.3 is 20.7 Å². The molecule has 5 aromatic rings. The normalized spacial score (nSPS) is 17.5. The number of fused-ring (bicyclic) bond motifs is 3. The Morgan fingerprint density at radius 1 is 1.00 bits per heavy atom. The predicted octanol–water partition coefficient (Wildman–Crippen LogP) is 5.05. The third-order valence-corrected chi connectivity index (χ3v) is 7.67. The van der Waals surface area contributed by atoms with E-state index in [9.17, 15) is 9.90 Å². The van der Waals surface area contributed by atoms with Gasteiger partial charge in [0.05, 0.1) is 23.7 Å². The summed E-state index contributed by atoms with van der Waals surface area (Å²) in [5.41, 5.74) is 12.7. The first-order chi connectivity index (χ1) is 19.0. The second-order valence-corrected chi connectivity index (χ2v) is 10.2. The molecule has 2 aromatic heterocycles. The molecule has 0 unspecified atom stereocenters. The van der Waals surface area contributed by atoms with Crippen molar-refractivity contribution in [2.45, 2.75) is 44.4 Å². The number of aliphatic hydroxyl groups excluding tert-OH is 1. The molecule has 1 aliphatic rings. The van der Waals surface area contributed by atoms with Crippen molar-refractivity contribution in [2.75, 3.05) is 5.32 Å². The highest BCUT2D eigenvalue weighted by Gasteiger charge is 2.21. The number of anilines is 1. The molecule has 1 aliphatic carbocycles. The van der Waals surface area contributed by atoms with Crippen LogP contribution in [-0.4, -0.2) is 32.7 Å². The van der Waals surface area contributed by atoms with Crippen molar-refractivity contribution in [3.8, 4) is 16.8 Å². The smallest absolute Gasteiger partial charge is 0.267 e. The molecule has 6 N–H and O–H groups in total. The van der Waals surface area contributed by atoms with Gasteiger partial charge in [-0.25, -0.2) is 5.90 Å². The summed E-state index contributed by atoms with van der Waals surface area (Å²) in [5.74, 6) is 4.92. The Balaban J connectivity index is 1.50. The van der Waals surface area contributed by atoms with E-state index >= 15 is 0 Å². The van der Waals surface area contributed by atoms with Gasteiger partial charge in [-0.3, -0.25) is 14.6 Å².